The summed E-state index contributed by atoms with van der Waals surface area (Å²) in [5, 5.41) is 4.99. The van der Waals surface area contributed by atoms with Crippen molar-refractivity contribution in [3.05, 3.63) is 41.7 Å². The van der Waals surface area contributed by atoms with Crippen molar-refractivity contribution in [2.24, 2.45) is 16.7 Å². The number of aromatic nitrogens is 2. The first kappa shape index (κ1) is 21.2. The minimum atomic E-state index is -3.45. The average molecular weight is 433 g/mol. The van der Waals surface area contributed by atoms with Gasteiger partial charge in [0.2, 0.25) is 5.82 Å². The van der Waals surface area contributed by atoms with Crippen molar-refractivity contribution < 1.29 is 13.7 Å². The van der Waals surface area contributed by atoms with E-state index in [9.17, 15) is 0 Å². The van der Waals surface area contributed by atoms with E-state index < -0.39 is 11.7 Å². The molecule has 1 fully saturated rings. The Morgan fingerprint density at radius 2 is 2.03 bits per heavy atom. The summed E-state index contributed by atoms with van der Waals surface area (Å²) in [7, 11) is 0. The first-order valence-corrected chi connectivity index (χ1v) is 9.87. The molecule has 2 atom stereocenters. The van der Waals surface area contributed by atoms with Crippen LogP contribution in [0.1, 0.15) is 24.7 Å². The molecule has 2 aromatic rings. The van der Waals surface area contributed by atoms with Gasteiger partial charge in [-0.2, -0.15) is 8.78 Å². The van der Waals surface area contributed by atoms with Gasteiger partial charge in [-0.3, -0.25) is 9.95 Å². The van der Waals surface area contributed by atoms with Crippen molar-refractivity contribution in [2.45, 2.75) is 31.4 Å². The van der Waals surface area contributed by atoms with Gasteiger partial charge < -0.3 is 16.4 Å². The molecule has 0 spiro atoms. The van der Waals surface area contributed by atoms with E-state index in [4.69, 9.17) is 22.2 Å². The fraction of sp³-hybridized carbons (Fsp3) is 0.421. The van der Waals surface area contributed by atoms with E-state index in [2.05, 4.69) is 20.6 Å². The van der Waals surface area contributed by atoms with Crippen LogP contribution >= 0.6 is 0 Å². The Bertz CT molecular complexity index is 972. The topological polar surface area (TPSA) is 144 Å². The highest BCUT2D eigenvalue weighted by atomic mass is 19.3. The molecule has 0 saturated carbocycles. The first-order valence-electron chi connectivity index (χ1n) is 9.87. The zero-order valence-corrected chi connectivity index (χ0v) is 17.0. The molecule has 7 N–H and O–H groups in total. The molecule has 10 nitrogen and oxygen atoms in total. The Morgan fingerprint density at radius 3 is 2.65 bits per heavy atom. The summed E-state index contributed by atoms with van der Waals surface area (Å²) < 4.78 is 30.7. The summed E-state index contributed by atoms with van der Waals surface area (Å²) >= 11 is 0. The van der Waals surface area contributed by atoms with Crippen LogP contribution in [0, 0.1) is 0 Å². The maximum atomic E-state index is 15.4. The second-order valence-corrected chi connectivity index (χ2v) is 7.69. The summed E-state index contributed by atoms with van der Waals surface area (Å²) in [5.74, 6) is 2.26. The summed E-state index contributed by atoms with van der Waals surface area (Å²) in [5.41, 5.74) is 15.5. The molecule has 0 bridgehead atoms. The summed E-state index contributed by atoms with van der Waals surface area (Å²) in [6.07, 6.45) is 0.703. The Morgan fingerprint density at radius 1 is 1.29 bits per heavy atom. The monoisotopic (exact) mass is 433 g/mol. The number of nitrogens with two attached hydrogens (primary N) is 3. The molecular formula is C19H25F2N9O. The average Bonchev–Trinajstić information content (AvgIpc) is 3.36. The molecule has 166 valence electrons. The lowest BCUT2D eigenvalue weighted by atomic mass is 10.1. The fourth-order valence-corrected chi connectivity index (χ4v) is 3.57. The van der Waals surface area contributed by atoms with E-state index in [-0.39, 0.29) is 41.5 Å². The van der Waals surface area contributed by atoms with Gasteiger partial charge in [0.25, 0.3) is 0 Å². The van der Waals surface area contributed by atoms with Crippen LogP contribution in [-0.2, 0) is 10.9 Å². The Labute approximate surface area is 178 Å². The van der Waals surface area contributed by atoms with Crippen LogP contribution in [0.25, 0.3) is 0 Å². The molecule has 0 aliphatic carbocycles. The van der Waals surface area contributed by atoms with Crippen molar-refractivity contribution in [1.29, 1.82) is 0 Å². The van der Waals surface area contributed by atoms with Crippen molar-refractivity contribution in [3.8, 4) is 0 Å². The molecular weight excluding hydrogens is 408 g/mol. The van der Waals surface area contributed by atoms with Crippen LogP contribution in [-0.4, -0.2) is 47.4 Å². The highest BCUT2D eigenvalue weighted by Gasteiger charge is 2.40. The van der Waals surface area contributed by atoms with Gasteiger partial charge in [0.15, 0.2) is 11.6 Å². The number of benzene rings is 1. The number of alkyl halides is 2. The Kier molecular flexibility index (Phi) is 5.60. The number of halogens is 2. The van der Waals surface area contributed by atoms with Gasteiger partial charge in [0.1, 0.15) is 11.7 Å². The second-order valence-electron chi connectivity index (χ2n) is 7.69. The molecule has 0 amide bonds. The fourth-order valence-electron chi connectivity index (χ4n) is 3.57. The first-order chi connectivity index (χ1) is 14.8. The Balaban J connectivity index is 1.76. The van der Waals surface area contributed by atoms with Crippen LogP contribution in [0.2, 0.25) is 0 Å². The highest BCUT2D eigenvalue weighted by Crippen LogP contribution is 2.38. The minimum absolute atomic E-state index is 0.00224. The smallest absolute Gasteiger partial charge is 0.331 e. The molecule has 1 saturated heterocycles. The standard InChI is InChI=1S/C19H25F2N9O/c1-11-14(28-31-27-11)10-30(24)17-15(23)16(29-8-7-13(22)9-29)25-18(26-17)19(20,21)12-5-3-2-4-6-12/h2-6,13-14,28H,7-10,22-24H2,1H3. The van der Waals surface area contributed by atoms with Crippen LogP contribution in [0.15, 0.2) is 35.5 Å². The number of oxime groups is 1. The van der Waals surface area contributed by atoms with Crippen molar-refractivity contribution in [1.82, 2.24) is 15.4 Å². The summed E-state index contributed by atoms with van der Waals surface area (Å²) in [4.78, 5) is 14.9. The predicted octanol–water partition coefficient (Wildman–Crippen LogP) is 0.696. The number of hydrogen-bond acceptors (Lipinski definition) is 10. The molecule has 2 unspecified atom stereocenters. The molecule has 2 aliphatic rings. The van der Waals surface area contributed by atoms with E-state index >= 15 is 8.78 Å². The van der Waals surface area contributed by atoms with Gasteiger partial charge >= 0.3 is 5.92 Å². The third kappa shape index (κ3) is 4.09. The summed E-state index contributed by atoms with van der Waals surface area (Å²) in [6, 6.07) is 6.93. The maximum absolute atomic E-state index is 15.4. The lowest BCUT2D eigenvalue weighted by molar-refractivity contribution is 0.0330. The van der Waals surface area contributed by atoms with Crippen LogP contribution in [0.5, 0.6) is 0 Å². The zero-order chi connectivity index (χ0) is 22.2. The molecule has 3 heterocycles. The number of nitrogen functional groups attached to an aromatic ring is 1. The third-order valence-corrected chi connectivity index (χ3v) is 5.39. The number of hydrogen-bond donors (Lipinski definition) is 4. The number of anilines is 3. The minimum Gasteiger partial charge on any atom is -0.393 e. The van der Waals surface area contributed by atoms with Gasteiger partial charge in [0.05, 0.1) is 12.3 Å². The second kappa shape index (κ2) is 8.21. The van der Waals surface area contributed by atoms with Crippen molar-refractivity contribution >= 4 is 23.0 Å². The van der Waals surface area contributed by atoms with Crippen LogP contribution < -0.4 is 32.7 Å². The van der Waals surface area contributed by atoms with E-state index in [1.807, 2.05) is 0 Å². The van der Waals surface area contributed by atoms with E-state index in [0.29, 0.717) is 25.2 Å². The van der Waals surface area contributed by atoms with E-state index in [0.717, 1.165) is 0 Å². The quantitative estimate of drug-likeness (QED) is 0.382. The van der Waals surface area contributed by atoms with Gasteiger partial charge in [-0.25, -0.2) is 15.8 Å². The third-order valence-electron chi connectivity index (χ3n) is 5.39. The molecule has 0 radical (unpaired) electrons. The van der Waals surface area contributed by atoms with Crippen molar-refractivity contribution in [2.75, 3.05) is 35.3 Å². The van der Waals surface area contributed by atoms with Crippen LogP contribution in [0.4, 0.5) is 26.1 Å². The zero-order valence-electron chi connectivity index (χ0n) is 17.0. The SMILES string of the molecule is CC1=NONC1CN(N)c1nc(C(F)(F)c2ccccc2)nc(N2CCC(N)C2)c1N. The predicted molar refractivity (Wildman–Crippen MR) is 113 cm³/mol. The highest BCUT2D eigenvalue weighted by molar-refractivity contribution is 5.88. The molecule has 1 aromatic heterocycles. The number of hydrazine groups is 1. The molecule has 31 heavy (non-hydrogen) atoms. The summed E-state index contributed by atoms with van der Waals surface area (Å²) in [6.45, 7) is 2.90. The van der Waals surface area contributed by atoms with E-state index in [1.54, 1.807) is 17.9 Å². The Hall–Kier alpha value is -3.09. The van der Waals surface area contributed by atoms with Crippen molar-refractivity contribution in [3.63, 3.8) is 0 Å². The lowest BCUT2D eigenvalue weighted by Gasteiger charge is -2.27. The number of rotatable bonds is 6. The molecule has 2 aliphatic heterocycles. The maximum Gasteiger partial charge on any atom is 0.331 e. The van der Waals surface area contributed by atoms with Gasteiger partial charge in [-0.1, -0.05) is 35.5 Å². The number of nitrogens with zero attached hydrogens (tertiary/aromatic N) is 5. The lowest BCUT2D eigenvalue weighted by Crippen LogP contribution is -2.46. The van der Waals surface area contributed by atoms with Gasteiger partial charge in [-0.15, -0.1) is 5.48 Å². The van der Waals surface area contributed by atoms with Gasteiger partial charge in [0, 0.05) is 24.7 Å². The van der Waals surface area contributed by atoms with E-state index in [1.165, 1.54) is 29.3 Å². The largest absolute Gasteiger partial charge is 0.393 e. The molecule has 12 heteroatoms. The number of hydroxylamine groups is 1. The van der Waals surface area contributed by atoms with Crippen LogP contribution in [0.3, 0.4) is 0 Å². The molecule has 1 aromatic carbocycles. The number of nitrogens with one attached hydrogen (secondary N) is 1. The normalized spacial score (nSPS) is 21.2. The van der Waals surface area contributed by atoms with Gasteiger partial charge in [-0.05, 0) is 13.3 Å². The molecule has 4 rings (SSSR count).